The Hall–Kier alpha value is -3.51. The van der Waals surface area contributed by atoms with Crippen LogP contribution in [-0.2, 0) is 0 Å². The molecule has 3 aromatic rings. The van der Waals surface area contributed by atoms with Crippen LogP contribution in [0.15, 0.2) is 24.7 Å². The quantitative estimate of drug-likeness (QED) is 0.409. The van der Waals surface area contributed by atoms with Crippen LogP contribution in [0.3, 0.4) is 0 Å². The van der Waals surface area contributed by atoms with Crippen molar-refractivity contribution in [2.45, 2.75) is 56.7 Å². The summed E-state index contributed by atoms with van der Waals surface area (Å²) in [5, 5.41) is 14.8. The van der Waals surface area contributed by atoms with E-state index >= 15 is 0 Å². The van der Waals surface area contributed by atoms with Gasteiger partial charge in [0.2, 0.25) is 0 Å². The van der Waals surface area contributed by atoms with E-state index in [4.69, 9.17) is 11.5 Å². The molecule has 2 fully saturated rings. The second kappa shape index (κ2) is 9.62. The van der Waals surface area contributed by atoms with Gasteiger partial charge < -0.3 is 27.0 Å². The van der Waals surface area contributed by atoms with Gasteiger partial charge in [0.15, 0.2) is 11.3 Å². The van der Waals surface area contributed by atoms with Gasteiger partial charge in [0, 0.05) is 24.5 Å². The molecule has 186 valence electrons. The lowest BCUT2D eigenvalue weighted by Crippen LogP contribution is -2.42. The van der Waals surface area contributed by atoms with Gasteiger partial charge in [0.25, 0.3) is 11.8 Å². The molecule has 0 spiro atoms. The zero-order valence-corrected chi connectivity index (χ0v) is 19.9. The molecule has 0 aromatic carbocycles. The minimum atomic E-state index is -0.694. The molecule has 1 saturated heterocycles. The third-order valence-corrected chi connectivity index (χ3v) is 7.04. The number of carbonyl (C=O) groups is 2. The van der Waals surface area contributed by atoms with Crippen LogP contribution < -0.4 is 22.1 Å². The lowest BCUT2D eigenvalue weighted by molar-refractivity contribution is 0.0994. The normalized spacial score (nSPS) is 21.8. The maximum Gasteiger partial charge on any atom is 0.271 e. The van der Waals surface area contributed by atoms with Crippen LogP contribution in [0.4, 0.5) is 11.5 Å². The van der Waals surface area contributed by atoms with Crippen molar-refractivity contribution in [3.05, 3.63) is 35.9 Å². The first-order chi connectivity index (χ1) is 16.9. The molecule has 2 amide bonds. The second-order valence-electron chi connectivity index (χ2n) is 9.56. The number of fused-ring (bicyclic) bond motifs is 1. The Balaban J connectivity index is 1.37. The molecule has 1 aliphatic heterocycles. The van der Waals surface area contributed by atoms with E-state index in [1.165, 1.54) is 10.7 Å². The summed E-state index contributed by atoms with van der Waals surface area (Å²) in [6.07, 6.45) is 10.9. The molecule has 1 aliphatic carbocycles. The lowest BCUT2D eigenvalue weighted by atomic mass is 9.91. The highest BCUT2D eigenvalue weighted by Crippen LogP contribution is 2.25. The molecule has 2 aliphatic rings. The van der Waals surface area contributed by atoms with Gasteiger partial charge in [-0.2, -0.15) is 10.2 Å². The minimum Gasteiger partial charge on any atom is -0.366 e. The van der Waals surface area contributed by atoms with E-state index < -0.39 is 11.8 Å². The number of aromatic nitrogens is 5. The first-order valence-electron chi connectivity index (χ1n) is 12.1. The smallest absolute Gasteiger partial charge is 0.271 e. The summed E-state index contributed by atoms with van der Waals surface area (Å²) in [6.45, 7) is 1.88. The standard InChI is InChI=1S/C23H32N10O2/c1-31-9-6-14(7-10-31)33-13-18(20(30-33)21(25)34)28-23(35)15-12-26-32-11-8-19(29-22(15)32)27-17-5-3-2-4-16(17)24/h8,11-14,16-17H,2-7,9-10,24H2,1H3,(H2,25,34)(H,27,29)(H,28,35)/t16-,17+/m1/s1. The summed E-state index contributed by atoms with van der Waals surface area (Å²) in [6, 6.07) is 2.18. The highest BCUT2D eigenvalue weighted by atomic mass is 16.2. The van der Waals surface area contributed by atoms with Crippen molar-refractivity contribution in [1.82, 2.24) is 29.3 Å². The van der Waals surface area contributed by atoms with Gasteiger partial charge in [-0.1, -0.05) is 12.8 Å². The summed E-state index contributed by atoms with van der Waals surface area (Å²) < 4.78 is 3.28. The number of hydrogen-bond acceptors (Lipinski definition) is 8. The van der Waals surface area contributed by atoms with Gasteiger partial charge >= 0.3 is 0 Å². The van der Waals surface area contributed by atoms with Crippen molar-refractivity contribution in [3.8, 4) is 0 Å². The fourth-order valence-electron chi connectivity index (χ4n) is 4.94. The minimum absolute atomic E-state index is 0.0374. The third kappa shape index (κ3) is 4.84. The number of nitrogens with two attached hydrogens (primary N) is 2. The lowest BCUT2D eigenvalue weighted by Gasteiger charge is -2.29. The topological polar surface area (TPSA) is 161 Å². The van der Waals surface area contributed by atoms with Crippen LogP contribution in [0, 0.1) is 0 Å². The van der Waals surface area contributed by atoms with Gasteiger partial charge in [0.05, 0.1) is 17.9 Å². The van der Waals surface area contributed by atoms with Gasteiger partial charge in [-0.25, -0.2) is 9.50 Å². The van der Waals surface area contributed by atoms with Crippen molar-refractivity contribution in [2.75, 3.05) is 30.8 Å². The van der Waals surface area contributed by atoms with Crippen LogP contribution in [0.25, 0.3) is 5.65 Å². The number of nitrogens with zero attached hydrogens (tertiary/aromatic N) is 6. The maximum atomic E-state index is 13.2. The molecular formula is C23H32N10O2. The second-order valence-corrected chi connectivity index (χ2v) is 9.56. The molecule has 6 N–H and O–H groups in total. The van der Waals surface area contributed by atoms with Crippen LogP contribution >= 0.6 is 0 Å². The Morgan fingerprint density at radius 3 is 2.66 bits per heavy atom. The number of carbonyl (C=O) groups excluding carboxylic acids is 2. The molecule has 35 heavy (non-hydrogen) atoms. The zero-order valence-electron chi connectivity index (χ0n) is 19.9. The molecule has 0 bridgehead atoms. The molecule has 3 aromatic heterocycles. The number of primary amides is 1. The number of amides is 2. The van der Waals surface area contributed by atoms with Gasteiger partial charge in [-0.15, -0.1) is 0 Å². The number of anilines is 2. The molecule has 4 heterocycles. The summed E-state index contributed by atoms with van der Waals surface area (Å²) >= 11 is 0. The highest BCUT2D eigenvalue weighted by molar-refractivity contribution is 6.10. The number of hydrogen-bond donors (Lipinski definition) is 4. The van der Waals surface area contributed by atoms with E-state index in [1.807, 2.05) is 6.07 Å². The molecule has 5 rings (SSSR count). The Morgan fingerprint density at radius 1 is 1.14 bits per heavy atom. The van der Waals surface area contributed by atoms with Crippen LogP contribution in [-0.4, -0.2) is 73.3 Å². The Kier molecular flexibility index (Phi) is 6.39. The van der Waals surface area contributed by atoms with Gasteiger partial charge in [-0.3, -0.25) is 14.3 Å². The summed E-state index contributed by atoms with van der Waals surface area (Å²) in [7, 11) is 2.08. The first-order valence-corrected chi connectivity index (χ1v) is 12.1. The number of piperidine rings is 1. The Labute approximate surface area is 203 Å². The largest absolute Gasteiger partial charge is 0.366 e. The van der Waals surface area contributed by atoms with Crippen LogP contribution in [0.5, 0.6) is 0 Å². The van der Waals surface area contributed by atoms with Crippen LogP contribution in [0.2, 0.25) is 0 Å². The van der Waals surface area contributed by atoms with Crippen LogP contribution in [0.1, 0.15) is 65.4 Å². The van der Waals surface area contributed by atoms with Crippen molar-refractivity contribution in [3.63, 3.8) is 0 Å². The van der Waals surface area contributed by atoms with E-state index in [9.17, 15) is 9.59 Å². The fourth-order valence-corrected chi connectivity index (χ4v) is 4.94. The number of nitrogens with one attached hydrogen (secondary N) is 2. The summed E-state index contributed by atoms with van der Waals surface area (Å²) in [5.74, 6) is -0.493. The van der Waals surface area contributed by atoms with Crippen molar-refractivity contribution < 1.29 is 9.59 Å². The molecule has 0 unspecified atom stereocenters. The molecule has 0 radical (unpaired) electrons. The SMILES string of the molecule is CN1CCC(n2cc(NC(=O)c3cnn4ccc(N[C@H]5CCCC[C@H]5N)nc34)c(C(N)=O)n2)CC1. The molecular weight excluding hydrogens is 448 g/mol. The predicted octanol–water partition coefficient (Wildman–Crippen LogP) is 1.23. The number of likely N-dealkylation sites (tertiary alicyclic amines) is 1. The molecule has 12 heteroatoms. The summed E-state index contributed by atoms with van der Waals surface area (Å²) in [4.78, 5) is 32.1. The average molecular weight is 481 g/mol. The number of rotatable bonds is 6. The van der Waals surface area contributed by atoms with Crippen molar-refractivity contribution >= 4 is 29.0 Å². The van der Waals surface area contributed by atoms with Gasteiger partial charge in [-0.05, 0) is 51.9 Å². The Bertz CT molecular complexity index is 1230. The van der Waals surface area contributed by atoms with Gasteiger partial charge in [0.1, 0.15) is 11.4 Å². The Morgan fingerprint density at radius 2 is 1.91 bits per heavy atom. The first kappa shape index (κ1) is 23.2. The van der Waals surface area contributed by atoms with Crippen molar-refractivity contribution in [2.24, 2.45) is 11.5 Å². The predicted molar refractivity (Wildman–Crippen MR) is 131 cm³/mol. The van der Waals surface area contributed by atoms with E-state index in [2.05, 4.69) is 37.8 Å². The van der Waals surface area contributed by atoms with Crippen molar-refractivity contribution in [1.29, 1.82) is 0 Å². The highest BCUT2D eigenvalue weighted by Gasteiger charge is 2.25. The monoisotopic (exact) mass is 480 g/mol. The average Bonchev–Trinajstić information content (AvgIpc) is 3.45. The van der Waals surface area contributed by atoms with E-state index in [0.29, 0.717) is 11.5 Å². The zero-order chi connectivity index (χ0) is 24.5. The molecule has 1 saturated carbocycles. The van der Waals surface area contributed by atoms with E-state index in [1.54, 1.807) is 17.1 Å². The molecule has 12 nitrogen and oxygen atoms in total. The third-order valence-electron chi connectivity index (χ3n) is 7.04. The summed E-state index contributed by atoms with van der Waals surface area (Å²) in [5.41, 5.74) is 12.8. The fraction of sp³-hybridized carbons (Fsp3) is 0.522. The van der Waals surface area contributed by atoms with E-state index in [-0.39, 0.29) is 35.1 Å². The maximum absolute atomic E-state index is 13.2. The van der Waals surface area contributed by atoms with E-state index in [0.717, 1.165) is 51.6 Å². The molecule has 2 atom stereocenters.